The van der Waals surface area contributed by atoms with Gasteiger partial charge >= 0.3 is 11.6 Å². The van der Waals surface area contributed by atoms with Gasteiger partial charge in [-0.25, -0.2) is 9.59 Å². The third kappa shape index (κ3) is 4.05. The number of ether oxygens (including phenoxy) is 2. The molecule has 6 heteroatoms. The summed E-state index contributed by atoms with van der Waals surface area (Å²) in [5.41, 5.74) is 0.527. The molecule has 22 heavy (non-hydrogen) atoms. The molecule has 0 fully saturated rings. The fourth-order valence-electron chi connectivity index (χ4n) is 1.87. The van der Waals surface area contributed by atoms with Gasteiger partial charge in [0.05, 0.1) is 6.61 Å². The Bertz CT molecular complexity index is 750. The first-order valence-electron chi connectivity index (χ1n) is 6.62. The number of carbonyl (C=O) groups is 1. The second-order valence-electron chi connectivity index (χ2n) is 4.60. The molecule has 2 rings (SSSR count). The van der Waals surface area contributed by atoms with Crippen LogP contribution in [-0.2, 0) is 20.9 Å². The lowest BCUT2D eigenvalue weighted by Gasteiger charge is -2.12. The van der Waals surface area contributed by atoms with E-state index in [1.54, 1.807) is 25.1 Å². The Labute approximate surface area is 135 Å². The lowest BCUT2D eigenvalue weighted by molar-refractivity contribution is -0.156. The van der Waals surface area contributed by atoms with E-state index >= 15 is 0 Å². The minimum atomic E-state index is -0.696. The molecule has 0 amide bonds. The molecule has 2 aromatic rings. The Morgan fingerprint density at radius 1 is 1.45 bits per heavy atom. The van der Waals surface area contributed by atoms with Crippen molar-refractivity contribution in [2.45, 2.75) is 19.6 Å². The van der Waals surface area contributed by atoms with Gasteiger partial charge in [-0.3, -0.25) is 0 Å². The standard InChI is InChI=1S/C16H15BrO5/c1-3-6-20-10(2)16(19)21-9-11-7-15(18)22-14-8-12(17)4-5-13(11)14/h3-5,7-8,10H,1,6,9H2,2H3. The minimum absolute atomic E-state index is 0.0235. The van der Waals surface area contributed by atoms with Crippen LogP contribution in [0.25, 0.3) is 11.0 Å². The Morgan fingerprint density at radius 3 is 2.95 bits per heavy atom. The first-order chi connectivity index (χ1) is 10.5. The molecule has 0 bridgehead atoms. The quantitative estimate of drug-likeness (QED) is 0.446. The van der Waals surface area contributed by atoms with Crippen molar-refractivity contribution in [3.05, 3.63) is 57.4 Å². The van der Waals surface area contributed by atoms with Crippen molar-refractivity contribution in [2.24, 2.45) is 0 Å². The molecule has 0 radical (unpaired) electrons. The van der Waals surface area contributed by atoms with Crippen LogP contribution in [0.3, 0.4) is 0 Å². The zero-order valence-electron chi connectivity index (χ0n) is 12.0. The number of benzene rings is 1. The summed E-state index contributed by atoms with van der Waals surface area (Å²) in [7, 11) is 0. The zero-order valence-corrected chi connectivity index (χ0v) is 13.6. The molecule has 0 aliphatic heterocycles. The maximum absolute atomic E-state index is 11.8. The molecular weight excluding hydrogens is 352 g/mol. The van der Waals surface area contributed by atoms with Crippen LogP contribution in [0.1, 0.15) is 12.5 Å². The van der Waals surface area contributed by atoms with E-state index < -0.39 is 17.7 Å². The second-order valence-corrected chi connectivity index (χ2v) is 5.52. The fraction of sp³-hybridized carbons (Fsp3) is 0.250. The van der Waals surface area contributed by atoms with Gasteiger partial charge in [-0.05, 0) is 25.1 Å². The summed E-state index contributed by atoms with van der Waals surface area (Å²) in [6, 6.07) is 6.63. The third-order valence-electron chi connectivity index (χ3n) is 2.96. The first kappa shape index (κ1) is 16.5. The number of rotatable bonds is 6. The highest BCUT2D eigenvalue weighted by atomic mass is 79.9. The SMILES string of the molecule is C=CCOC(C)C(=O)OCc1cc(=O)oc2cc(Br)ccc12. The Hall–Kier alpha value is -1.92. The molecule has 0 aliphatic carbocycles. The smallest absolute Gasteiger partial charge is 0.336 e. The molecule has 0 saturated carbocycles. The average molecular weight is 367 g/mol. The van der Waals surface area contributed by atoms with Crippen molar-refractivity contribution in [1.29, 1.82) is 0 Å². The summed E-state index contributed by atoms with van der Waals surface area (Å²) >= 11 is 3.31. The van der Waals surface area contributed by atoms with E-state index in [1.807, 2.05) is 6.07 Å². The molecule has 0 spiro atoms. The topological polar surface area (TPSA) is 65.7 Å². The number of halogens is 1. The van der Waals surface area contributed by atoms with Crippen molar-refractivity contribution in [3.63, 3.8) is 0 Å². The Kier molecular flexibility index (Phi) is 5.51. The van der Waals surface area contributed by atoms with Crippen LogP contribution in [0.2, 0.25) is 0 Å². The monoisotopic (exact) mass is 366 g/mol. The number of esters is 1. The first-order valence-corrected chi connectivity index (χ1v) is 7.42. The molecule has 1 aromatic heterocycles. The molecule has 1 atom stereocenters. The maximum Gasteiger partial charge on any atom is 0.336 e. The van der Waals surface area contributed by atoms with Crippen LogP contribution in [0, 0.1) is 0 Å². The molecule has 1 unspecified atom stereocenters. The van der Waals surface area contributed by atoms with Gasteiger partial charge < -0.3 is 13.9 Å². The van der Waals surface area contributed by atoms with Crippen molar-refractivity contribution in [2.75, 3.05) is 6.61 Å². The van der Waals surface area contributed by atoms with E-state index in [-0.39, 0.29) is 13.2 Å². The minimum Gasteiger partial charge on any atom is -0.459 e. The van der Waals surface area contributed by atoms with E-state index in [9.17, 15) is 9.59 Å². The molecule has 116 valence electrons. The second kappa shape index (κ2) is 7.38. The summed E-state index contributed by atoms with van der Waals surface area (Å²) in [5.74, 6) is -0.500. The van der Waals surface area contributed by atoms with Gasteiger partial charge in [-0.2, -0.15) is 0 Å². The zero-order chi connectivity index (χ0) is 16.1. The predicted octanol–water partition coefficient (Wildman–Crippen LogP) is 3.19. The molecule has 0 saturated heterocycles. The van der Waals surface area contributed by atoms with Crippen molar-refractivity contribution in [3.8, 4) is 0 Å². The van der Waals surface area contributed by atoms with E-state index in [2.05, 4.69) is 22.5 Å². The van der Waals surface area contributed by atoms with Gasteiger partial charge in [0.15, 0.2) is 6.10 Å². The van der Waals surface area contributed by atoms with Gasteiger partial charge in [0.1, 0.15) is 12.2 Å². The van der Waals surface area contributed by atoms with Gasteiger partial charge in [-0.15, -0.1) is 6.58 Å². The van der Waals surface area contributed by atoms with Crippen molar-refractivity contribution >= 4 is 32.9 Å². The summed E-state index contributed by atoms with van der Waals surface area (Å²) in [4.78, 5) is 23.4. The van der Waals surface area contributed by atoms with Gasteiger partial charge in [0.2, 0.25) is 0 Å². The molecule has 5 nitrogen and oxygen atoms in total. The van der Waals surface area contributed by atoms with E-state index in [0.29, 0.717) is 11.1 Å². The molecule has 0 aliphatic rings. The normalized spacial score (nSPS) is 12.1. The summed E-state index contributed by atoms with van der Waals surface area (Å²) < 4.78 is 16.3. The highest BCUT2D eigenvalue weighted by molar-refractivity contribution is 9.10. The molecule has 1 heterocycles. The summed E-state index contributed by atoms with van der Waals surface area (Å²) in [6.07, 6.45) is 0.857. The van der Waals surface area contributed by atoms with Crippen LogP contribution in [-0.4, -0.2) is 18.7 Å². The maximum atomic E-state index is 11.8. The van der Waals surface area contributed by atoms with E-state index in [1.165, 1.54) is 6.07 Å². The average Bonchev–Trinajstić information content (AvgIpc) is 2.49. The largest absolute Gasteiger partial charge is 0.459 e. The predicted molar refractivity (Wildman–Crippen MR) is 85.6 cm³/mol. The van der Waals surface area contributed by atoms with Crippen LogP contribution >= 0.6 is 15.9 Å². The Morgan fingerprint density at radius 2 is 2.23 bits per heavy atom. The van der Waals surface area contributed by atoms with Crippen LogP contribution in [0.4, 0.5) is 0 Å². The molecule has 0 N–H and O–H groups in total. The van der Waals surface area contributed by atoms with Crippen molar-refractivity contribution in [1.82, 2.24) is 0 Å². The summed E-state index contributed by atoms with van der Waals surface area (Å²) in [6.45, 7) is 5.35. The number of hydrogen-bond donors (Lipinski definition) is 0. The highest BCUT2D eigenvalue weighted by Crippen LogP contribution is 2.22. The van der Waals surface area contributed by atoms with E-state index in [0.717, 1.165) is 9.86 Å². The fourth-order valence-corrected chi connectivity index (χ4v) is 2.21. The third-order valence-corrected chi connectivity index (χ3v) is 3.45. The lowest BCUT2D eigenvalue weighted by atomic mass is 10.1. The van der Waals surface area contributed by atoms with Crippen LogP contribution in [0.5, 0.6) is 0 Å². The number of fused-ring (bicyclic) bond motifs is 1. The van der Waals surface area contributed by atoms with Gasteiger partial charge in [0, 0.05) is 21.5 Å². The van der Waals surface area contributed by atoms with Gasteiger partial charge in [0.25, 0.3) is 0 Å². The van der Waals surface area contributed by atoms with Crippen LogP contribution in [0.15, 0.2) is 50.6 Å². The Balaban J connectivity index is 2.16. The highest BCUT2D eigenvalue weighted by Gasteiger charge is 2.15. The summed E-state index contributed by atoms with van der Waals surface area (Å²) in [5, 5.41) is 0.718. The van der Waals surface area contributed by atoms with Gasteiger partial charge in [-0.1, -0.05) is 22.0 Å². The molecular formula is C16H15BrO5. The van der Waals surface area contributed by atoms with E-state index in [4.69, 9.17) is 13.9 Å². The van der Waals surface area contributed by atoms with Crippen molar-refractivity contribution < 1.29 is 18.7 Å². The number of hydrogen-bond acceptors (Lipinski definition) is 5. The lowest BCUT2D eigenvalue weighted by Crippen LogP contribution is -2.23. The van der Waals surface area contributed by atoms with Crippen LogP contribution < -0.4 is 5.63 Å². The molecule has 1 aromatic carbocycles. The number of carbonyl (C=O) groups excluding carboxylic acids is 1.